The topological polar surface area (TPSA) is 43.2 Å². The number of rotatable bonds is 4. The molecule has 5 nitrogen and oxygen atoms in total. The van der Waals surface area contributed by atoms with E-state index in [2.05, 4.69) is 26.7 Å². The second-order valence-electron chi connectivity index (χ2n) is 6.01. The first-order valence-electron chi connectivity index (χ1n) is 7.97. The van der Waals surface area contributed by atoms with Crippen molar-refractivity contribution in [2.45, 2.75) is 38.0 Å². The number of hydrogen-bond donors (Lipinski definition) is 0. The molecule has 1 heterocycles. The van der Waals surface area contributed by atoms with Gasteiger partial charge in [-0.3, -0.25) is 4.57 Å². The summed E-state index contributed by atoms with van der Waals surface area (Å²) >= 11 is 0. The van der Waals surface area contributed by atoms with E-state index < -0.39 is 0 Å². The highest BCUT2D eigenvalue weighted by atomic mass is 16.5. The average molecular weight is 300 g/mol. The summed E-state index contributed by atoms with van der Waals surface area (Å²) in [5.41, 5.74) is 1.08. The van der Waals surface area contributed by atoms with Gasteiger partial charge < -0.3 is 9.64 Å². The van der Waals surface area contributed by atoms with Crippen molar-refractivity contribution in [1.29, 1.82) is 0 Å². The zero-order valence-electron chi connectivity index (χ0n) is 13.6. The van der Waals surface area contributed by atoms with Gasteiger partial charge in [-0.25, -0.2) is 0 Å². The average Bonchev–Trinajstić information content (AvgIpc) is 2.96. The molecule has 3 rings (SSSR count). The van der Waals surface area contributed by atoms with Crippen LogP contribution in [0.1, 0.15) is 43.8 Å². The van der Waals surface area contributed by atoms with Crippen molar-refractivity contribution in [1.82, 2.24) is 14.8 Å². The standard InChI is InChI=1S/C17H24N4O/c1-20(14-9-11-15(22-3)12-10-14)17-19-18-16(21(17)2)13-7-5-4-6-8-13/h9-13H,4-8H2,1-3H3. The molecule has 0 aliphatic heterocycles. The second-order valence-corrected chi connectivity index (χ2v) is 6.01. The summed E-state index contributed by atoms with van der Waals surface area (Å²) in [7, 11) is 5.77. The summed E-state index contributed by atoms with van der Waals surface area (Å²) in [6.45, 7) is 0. The fourth-order valence-electron chi connectivity index (χ4n) is 3.26. The van der Waals surface area contributed by atoms with Crippen LogP contribution in [0.25, 0.3) is 0 Å². The SMILES string of the molecule is COc1ccc(N(C)c2nnc(C3CCCCC3)n2C)cc1. The van der Waals surface area contributed by atoms with E-state index in [1.165, 1.54) is 32.1 Å². The molecule has 0 amide bonds. The first kappa shape index (κ1) is 14.9. The Balaban J connectivity index is 1.83. The molecule has 0 unspecified atom stereocenters. The number of nitrogens with zero attached hydrogens (tertiary/aromatic N) is 4. The second kappa shape index (κ2) is 6.38. The van der Waals surface area contributed by atoms with Gasteiger partial charge in [0.15, 0.2) is 0 Å². The number of hydrogen-bond acceptors (Lipinski definition) is 4. The minimum atomic E-state index is 0.560. The molecule has 1 saturated carbocycles. The molecule has 118 valence electrons. The van der Waals surface area contributed by atoms with Gasteiger partial charge in [0.05, 0.1) is 7.11 Å². The van der Waals surface area contributed by atoms with Crippen LogP contribution in [0.5, 0.6) is 5.75 Å². The minimum Gasteiger partial charge on any atom is -0.497 e. The zero-order valence-corrected chi connectivity index (χ0v) is 13.6. The van der Waals surface area contributed by atoms with Crippen LogP contribution >= 0.6 is 0 Å². The summed E-state index contributed by atoms with van der Waals surface area (Å²) in [5.74, 6) is 3.42. The number of anilines is 2. The molecular weight excluding hydrogens is 276 g/mol. The number of methoxy groups -OCH3 is 1. The van der Waals surface area contributed by atoms with Gasteiger partial charge in [0.2, 0.25) is 5.95 Å². The van der Waals surface area contributed by atoms with E-state index in [9.17, 15) is 0 Å². The third-order valence-electron chi connectivity index (χ3n) is 4.62. The van der Waals surface area contributed by atoms with E-state index in [1.807, 2.05) is 31.3 Å². The van der Waals surface area contributed by atoms with E-state index in [4.69, 9.17) is 4.74 Å². The first-order valence-corrected chi connectivity index (χ1v) is 7.97. The van der Waals surface area contributed by atoms with E-state index >= 15 is 0 Å². The Kier molecular flexibility index (Phi) is 4.32. The molecule has 1 aliphatic carbocycles. The fourth-order valence-corrected chi connectivity index (χ4v) is 3.26. The third kappa shape index (κ3) is 2.80. The molecule has 0 spiro atoms. The van der Waals surface area contributed by atoms with Crippen molar-refractivity contribution >= 4 is 11.6 Å². The Hall–Kier alpha value is -2.04. The van der Waals surface area contributed by atoms with Gasteiger partial charge in [-0.1, -0.05) is 19.3 Å². The minimum absolute atomic E-state index is 0.560. The predicted molar refractivity (Wildman–Crippen MR) is 87.9 cm³/mol. The largest absolute Gasteiger partial charge is 0.497 e. The molecule has 1 aromatic heterocycles. The lowest BCUT2D eigenvalue weighted by Gasteiger charge is -2.22. The number of aromatic nitrogens is 3. The Morgan fingerprint density at radius 3 is 2.41 bits per heavy atom. The van der Waals surface area contributed by atoms with Gasteiger partial charge in [0.25, 0.3) is 0 Å². The molecule has 1 aliphatic rings. The van der Waals surface area contributed by atoms with Gasteiger partial charge in [-0.15, -0.1) is 10.2 Å². The molecule has 0 radical (unpaired) electrons. The molecular formula is C17H24N4O. The van der Waals surface area contributed by atoms with E-state index in [0.29, 0.717) is 5.92 Å². The lowest BCUT2D eigenvalue weighted by Crippen LogP contribution is -2.16. The van der Waals surface area contributed by atoms with Crippen molar-refractivity contribution in [3.63, 3.8) is 0 Å². The van der Waals surface area contributed by atoms with Crippen LogP contribution in [0.4, 0.5) is 11.6 Å². The predicted octanol–water partition coefficient (Wildman–Crippen LogP) is 3.64. The molecule has 5 heteroatoms. The van der Waals surface area contributed by atoms with Gasteiger partial charge in [-0.05, 0) is 37.1 Å². The van der Waals surface area contributed by atoms with Crippen molar-refractivity contribution in [2.75, 3.05) is 19.1 Å². The number of ether oxygens (including phenoxy) is 1. The molecule has 0 bridgehead atoms. The van der Waals surface area contributed by atoms with E-state index in [-0.39, 0.29) is 0 Å². The van der Waals surface area contributed by atoms with Crippen LogP contribution in [0.3, 0.4) is 0 Å². The Labute approximate surface area is 131 Å². The van der Waals surface area contributed by atoms with Gasteiger partial charge in [-0.2, -0.15) is 0 Å². The van der Waals surface area contributed by atoms with Crippen molar-refractivity contribution in [2.24, 2.45) is 7.05 Å². The van der Waals surface area contributed by atoms with Crippen molar-refractivity contribution in [3.8, 4) is 5.75 Å². The molecule has 1 fully saturated rings. The summed E-state index contributed by atoms with van der Waals surface area (Å²) in [6.07, 6.45) is 6.44. The lowest BCUT2D eigenvalue weighted by atomic mass is 9.89. The van der Waals surface area contributed by atoms with Crippen LogP contribution in [-0.4, -0.2) is 28.9 Å². The first-order chi connectivity index (χ1) is 10.7. The maximum Gasteiger partial charge on any atom is 0.231 e. The van der Waals surface area contributed by atoms with Gasteiger partial charge >= 0.3 is 0 Å². The highest BCUT2D eigenvalue weighted by Crippen LogP contribution is 2.33. The zero-order chi connectivity index (χ0) is 15.5. The van der Waals surface area contributed by atoms with E-state index in [1.54, 1.807) is 7.11 Å². The summed E-state index contributed by atoms with van der Waals surface area (Å²) in [6, 6.07) is 8.00. The fraction of sp³-hybridized carbons (Fsp3) is 0.529. The molecule has 0 N–H and O–H groups in total. The Morgan fingerprint density at radius 2 is 1.77 bits per heavy atom. The normalized spacial score (nSPS) is 15.8. The van der Waals surface area contributed by atoms with Crippen LogP contribution in [0.2, 0.25) is 0 Å². The molecule has 22 heavy (non-hydrogen) atoms. The Bertz CT molecular complexity index is 614. The summed E-state index contributed by atoms with van der Waals surface area (Å²) in [5, 5.41) is 8.88. The Morgan fingerprint density at radius 1 is 1.09 bits per heavy atom. The van der Waals surface area contributed by atoms with E-state index in [0.717, 1.165) is 23.2 Å². The van der Waals surface area contributed by atoms with Gasteiger partial charge in [0, 0.05) is 25.7 Å². The van der Waals surface area contributed by atoms with Gasteiger partial charge in [0.1, 0.15) is 11.6 Å². The molecule has 1 aromatic carbocycles. The molecule has 0 atom stereocenters. The lowest BCUT2D eigenvalue weighted by molar-refractivity contribution is 0.415. The quantitative estimate of drug-likeness (QED) is 0.864. The van der Waals surface area contributed by atoms with Crippen LogP contribution in [0, 0.1) is 0 Å². The summed E-state index contributed by atoms with van der Waals surface area (Å²) in [4.78, 5) is 2.07. The highest BCUT2D eigenvalue weighted by Gasteiger charge is 2.23. The van der Waals surface area contributed by atoms with Crippen molar-refractivity contribution in [3.05, 3.63) is 30.1 Å². The van der Waals surface area contributed by atoms with Crippen LogP contribution in [0.15, 0.2) is 24.3 Å². The highest BCUT2D eigenvalue weighted by molar-refractivity contribution is 5.57. The molecule has 2 aromatic rings. The van der Waals surface area contributed by atoms with Crippen LogP contribution in [-0.2, 0) is 7.05 Å². The van der Waals surface area contributed by atoms with Crippen LogP contribution < -0.4 is 9.64 Å². The summed E-state index contributed by atoms with van der Waals surface area (Å²) < 4.78 is 7.35. The smallest absolute Gasteiger partial charge is 0.231 e. The third-order valence-corrected chi connectivity index (χ3v) is 4.62. The maximum atomic E-state index is 5.21. The maximum absolute atomic E-state index is 5.21. The monoisotopic (exact) mass is 300 g/mol. The number of benzene rings is 1. The van der Waals surface area contributed by atoms with Crippen molar-refractivity contribution < 1.29 is 4.74 Å². The molecule has 0 saturated heterocycles.